The Labute approximate surface area is 135 Å². The first-order valence-electron chi connectivity index (χ1n) is 8.17. The standard InChI is InChI=1S/C17H22N4O2/c1-2-10-21-17(23)20-12-11-19(13-15(20)18-21)16(22)9-8-14-6-4-3-5-7-14/h3-7H,2,8-13H2,1H3. The van der Waals surface area contributed by atoms with Gasteiger partial charge in [0.2, 0.25) is 5.91 Å². The van der Waals surface area contributed by atoms with Crippen molar-refractivity contribution in [1.29, 1.82) is 0 Å². The van der Waals surface area contributed by atoms with E-state index < -0.39 is 0 Å². The molecule has 6 heteroatoms. The maximum Gasteiger partial charge on any atom is 0.346 e. The first-order chi connectivity index (χ1) is 11.2. The van der Waals surface area contributed by atoms with Crippen LogP contribution in [-0.4, -0.2) is 31.7 Å². The fraction of sp³-hybridized carbons (Fsp3) is 0.471. The lowest BCUT2D eigenvalue weighted by Crippen LogP contribution is -2.41. The van der Waals surface area contributed by atoms with Gasteiger partial charge in [-0.1, -0.05) is 37.3 Å². The van der Waals surface area contributed by atoms with E-state index in [9.17, 15) is 9.59 Å². The molecule has 0 spiro atoms. The molecular weight excluding hydrogens is 292 g/mol. The minimum Gasteiger partial charge on any atom is -0.333 e. The Kier molecular flexibility index (Phi) is 4.60. The molecule has 1 aliphatic rings. The summed E-state index contributed by atoms with van der Waals surface area (Å²) >= 11 is 0. The Morgan fingerprint density at radius 2 is 2.00 bits per heavy atom. The van der Waals surface area contributed by atoms with Crippen LogP contribution in [0.25, 0.3) is 0 Å². The number of carbonyl (C=O) groups is 1. The first kappa shape index (κ1) is 15.5. The molecule has 3 rings (SSSR count). The van der Waals surface area contributed by atoms with Gasteiger partial charge in [-0.3, -0.25) is 9.36 Å². The zero-order chi connectivity index (χ0) is 16.2. The van der Waals surface area contributed by atoms with Crippen molar-refractivity contribution in [3.63, 3.8) is 0 Å². The fourth-order valence-corrected chi connectivity index (χ4v) is 2.92. The number of benzene rings is 1. The van der Waals surface area contributed by atoms with Crippen molar-refractivity contribution >= 4 is 5.91 Å². The molecule has 23 heavy (non-hydrogen) atoms. The topological polar surface area (TPSA) is 60.1 Å². The van der Waals surface area contributed by atoms with Gasteiger partial charge in [0.05, 0.1) is 6.54 Å². The highest BCUT2D eigenvalue weighted by Crippen LogP contribution is 2.11. The van der Waals surface area contributed by atoms with E-state index in [0.29, 0.717) is 38.4 Å². The Balaban J connectivity index is 1.63. The summed E-state index contributed by atoms with van der Waals surface area (Å²) in [7, 11) is 0. The number of fused-ring (bicyclic) bond motifs is 1. The molecule has 2 heterocycles. The van der Waals surface area contributed by atoms with E-state index in [4.69, 9.17) is 0 Å². The zero-order valence-electron chi connectivity index (χ0n) is 13.4. The average molecular weight is 314 g/mol. The first-order valence-corrected chi connectivity index (χ1v) is 8.17. The molecule has 2 aromatic rings. The Hall–Kier alpha value is -2.37. The summed E-state index contributed by atoms with van der Waals surface area (Å²) in [6.45, 7) is 4.19. The highest BCUT2D eigenvalue weighted by atomic mass is 16.2. The van der Waals surface area contributed by atoms with Crippen LogP contribution < -0.4 is 5.69 Å². The van der Waals surface area contributed by atoms with Gasteiger partial charge in [0.15, 0.2) is 5.82 Å². The largest absolute Gasteiger partial charge is 0.346 e. The van der Waals surface area contributed by atoms with Crippen LogP contribution in [0, 0.1) is 0 Å². The molecule has 122 valence electrons. The SMILES string of the molecule is CCCn1nc2n(c1=O)CCN(C(=O)CCc1ccccc1)C2. The van der Waals surface area contributed by atoms with Crippen molar-refractivity contribution < 1.29 is 4.79 Å². The lowest BCUT2D eigenvalue weighted by atomic mass is 10.1. The molecule has 0 unspecified atom stereocenters. The molecule has 1 amide bonds. The quantitative estimate of drug-likeness (QED) is 0.839. The second-order valence-corrected chi connectivity index (χ2v) is 5.87. The maximum absolute atomic E-state index is 12.4. The van der Waals surface area contributed by atoms with Gasteiger partial charge in [-0.15, -0.1) is 0 Å². The fourth-order valence-electron chi connectivity index (χ4n) is 2.92. The van der Waals surface area contributed by atoms with E-state index in [1.165, 1.54) is 10.2 Å². The van der Waals surface area contributed by atoms with Crippen LogP contribution in [0.2, 0.25) is 0 Å². The zero-order valence-corrected chi connectivity index (χ0v) is 13.4. The summed E-state index contributed by atoms with van der Waals surface area (Å²) in [5, 5.41) is 4.36. The van der Waals surface area contributed by atoms with Crippen LogP contribution >= 0.6 is 0 Å². The van der Waals surface area contributed by atoms with Gasteiger partial charge in [-0.25, -0.2) is 9.48 Å². The summed E-state index contributed by atoms with van der Waals surface area (Å²) in [5.74, 6) is 0.820. The molecule has 0 saturated carbocycles. The van der Waals surface area contributed by atoms with Crippen LogP contribution in [0.4, 0.5) is 0 Å². The van der Waals surface area contributed by atoms with E-state index in [0.717, 1.165) is 12.8 Å². The molecule has 0 atom stereocenters. The molecule has 1 aromatic carbocycles. The number of aryl methyl sites for hydroxylation is 2. The lowest BCUT2D eigenvalue weighted by Gasteiger charge is -2.26. The average Bonchev–Trinajstić information content (AvgIpc) is 2.89. The van der Waals surface area contributed by atoms with Gasteiger partial charge in [0.1, 0.15) is 0 Å². The number of amides is 1. The Morgan fingerprint density at radius 3 is 2.74 bits per heavy atom. The van der Waals surface area contributed by atoms with Crippen LogP contribution in [-0.2, 0) is 30.8 Å². The van der Waals surface area contributed by atoms with Crippen LogP contribution in [0.1, 0.15) is 31.2 Å². The predicted octanol–water partition coefficient (Wildman–Crippen LogP) is 1.43. The Bertz CT molecular complexity index is 733. The molecule has 1 aliphatic heterocycles. The van der Waals surface area contributed by atoms with Gasteiger partial charge in [-0.2, -0.15) is 5.10 Å². The van der Waals surface area contributed by atoms with Crippen molar-refractivity contribution in [3.05, 3.63) is 52.2 Å². The van der Waals surface area contributed by atoms with E-state index >= 15 is 0 Å². The van der Waals surface area contributed by atoms with Crippen LogP contribution in [0.5, 0.6) is 0 Å². The maximum atomic E-state index is 12.4. The van der Waals surface area contributed by atoms with Gasteiger partial charge < -0.3 is 4.90 Å². The molecule has 0 radical (unpaired) electrons. The summed E-state index contributed by atoms with van der Waals surface area (Å²) in [6.07, 6.45) is 2.10. The molecule has 6 nitrogen and oxygen atoms in total. The minimum absolute atomic E-state index is 0.0572. The number of hydrogen-bond acceptors (Lipinski definition) is 3. The number of nitrogens with zero attached hydrogens (tertiary/aromatic N) is 4. The monoisotopic (exact) mass is 314 g/mol. The summed E-state index contributed by atoms with van der Waals surface area (Å²) in [6, 6.07) is 10.0. The molecular formula is C17H22N4O2. The number of carbonyl (C=O) groups excluding carboxylic acids is 1. The smallest absolute Gasteiger partial charge is 0.333 e. The Morgan fingerprint density at radius 1 is 1.22 bits per heavy atom. The van der Waals surface area contributed by atoms with E-state index in [1.807, 2.05) is 37.3 Å². The highest BCUT2D eigenvalue weighted by Gasteiger charge is 2.24. The molecule has 1 aromatic heterocycles. The molecule has 0 fully saturated rings. The van der Waals surface area contributed by atoms with Gasteiger partial charge in [0, 0.05) is 26.1 Å². The molecule has 0 bridgehead atoms. The van der Waals surface area contributed by atoms with Crippen molar-refractivity contribution in [2.75, 3.05) is 6.54 Å². The van der Waals surface area contributed by atoms with E-state index in [2.05, 4.69) is 5.10 Å². The lowest BCUT2D eigenvalue weighted by molar-refractivity contribution is -0.132. The summed E-state index contributed by atoms with van der Waals surface area (Å²) in [5.41, 5.74) is 1.11. The van der Waals surface area contributed by atoms with Crippen molar-refractivity contribution in [2.24, 2.45) is 0 Å². The third-order valence-corrected chi connectivity index (χ3v) is 4.18. The van der Waals surface area contributed by atoms with Gasteiger partial charge in [-0.05, 0) is 18.4 Å². The van der Waals surface area contributed by atoms with Crippen molar-refractivity contribution in [3.8, 4) is 0 Å². The summed E-state index contributed by atoms with van der Waals surface area (Å²) in [4.78, 5) is 26.4. The van der Waals surface area contributed by atoms with E-state index in [1.54, 1.807) is 9.47 Å². The second kappa shape index (κ2) is 6.81. The molecule has 0 aliphatic carbocycles. The predicted molar refractivity (Wildman–Crippen MR) is 87.0 cm³/mol. The van der Waals surface area contributed by atoms with Crippen LogP contribution in [0.15, 0.2) is 35.1 Å². The number of aromatic nitrogens is 3. The third kappa shape index (κ3) is 3.36. The van der Waals surface area contributed by atoms with Gasteiger partial charge >= 0.3 is 5.69 Å². The summed E-state index contributed by atoms with van der Waals surface area (Å²) < 4.78 is 3.20. The number of rotatable bonds is 5. The van der Waals surface area contributed by atoms with E-state index in [-0.39, 0.29) is 11.6 Å². The van der Waals surface area contributed by atoms with Crippen LogP contribution in [0.3, 0.4) is 0 Å². The second-order valence-electron chi connectivity index (χ2n) is 5.87. The van der Waals surface area contributed by atoms with Crippen molar-refractivity contribution in [2.45, 2.75) is 45.8 Å². The highest BCUT2D eigenvalue weighted by molar-refractivity contribution is 5.76. The van der Waals surface area contributed by atoms with Gasteiger partial charge in [0.25, 0.3) is 0 Å². The molecule has 0 saturated heterocycles. The van der Waals surface area contributed by atoms with Crippen molar-refractivity contribution in [1.82, 2.24) is 19.2 Å². The minimum atomic E-state index is -0.0572. The third-order valence-electron chi connectivity index (χ3n) is 4.18. The normalized spacial score (nSPS) is 13.9. The molecule has 0 N–H and O–H groups in total. The number of hydrogen-bond donors (Lipinski definition) is 0.